The molecule has 0 bridgehead atoms. The number of hydrogen-bond donors (Lipinski definition) is 1. The van der Waals surface area contributed by atoms with Crippen molar-refractivity contribution in [1.82, 2.24) is 15.4 Å². The summed E-state index contributed by atoms with van der Waals surface area (Å²) in [5.74, 6) is 1.22. The van der Waals surface area contributed by atoms with Gasteiger partial charge in [-0.25, -0.2) is 0 Å². The number of ether oxygens (including phenoxy) is 1. The van der Waals surface area contributed by atoms with E-state index in [4.69, 9.17) is 0 Å². The van der Waals surface area contributed by atoms with Gasteiger partial charge in [-0.2, -0.15) is 35.7 Å². The number of aromatic amines is 1. The van der Waals surface area contributed by atoms with E-state index in [1.54, 1.807) is 0 Å². The van der Waals surface area contributed by atoms with Crippen LogP contribution in [0.3, 0.4) is 0 Å². The van der Waals surface area contributed by atoms with Crippen LogP contribution in [0.5, 0.6) is 0 Å². The number of rotatable bonds is 4. The van der Waals surface area contributed by atoms with Gasteiger partial charge in [-0.15, -0.1) is 0 Å². The van der Waals surface area contributed by atoms with E-state index in [-0.39, 0.29) is 45.3 Å². The van der Waals surface area contributed by atoms with Gasteiger partial charge in [-0.3, -0.25) is 4.79 Å². The SMILES string of the molecule is CC(=O)OCc1cn[nH]n1.CCC[C-](C)C.[Y]. The summed E-state index contributed by atoms with van der Waals surface area (Å²) in [6.07, 6.45) is 4.09. The standard InChI is InChI=1S/C6H13.C5H7N3O2.Y/c1-4-5-6(2)3;1-4(9)10-3-5-2-6-8-7-5;/h4-5H2,1-3H3;2H,3H2,1H3,(H,6,7,8);/q-1;;. The van der Waals surface area contributed by atoms with E-state index >= 15 is 0 Å². The monoisotopic (exact) mass is 315 g/mol. The largest absolute Gasteiger partial charge is 0.459 e. The first-order chi connectivity index (χ1) is 7.56. The van der Waals surface area contributed by atoms with E-state index in [2.05, 4.69) is 40.9 Å². The van der Waals surface area contributed by atoms with Crippen LogP contribution in [0.4, 0.5) is 0 Å². The van der Waals surface area contributed by atoms with Crippen LogP contribution in [-0.4, -0.2) is 21.4 Å². The molecule has 6 heteroatoms. The molecule has 1 aromatic heterocycles. The summed E-state index contributed by atoms with van der Waals surface area (Å²) in [7, 11) is 0. The third kappa shape index (κ3) is 13.7. The zero-order valence-corrected chi connectivity index (χ0v) is 13.8. The molecule has 0 atom stereocenters. The summed E-state index contributed by atoms with van der Waals surface area (Å²) < 4.78 is 4.62. The third-order valence-electron chi connectivity index (χ3n) is 1.64. The molecule has 0 saturated carbocycles. The molecule has 0 aliphatic rings. The van der Waals surface area contributed by atoms with Crippen LogP contribution in [0, 0.1) is 5.92 Å². The van der Waals surface area contributed by atoms with E-state index in [1.165, 1.54) is 31.9 Å². The number of carbonyl (C=O) groups excluding carboxylic acids is 1. The quantitative estimate of drug-likeness (QED) is 0.683. The Balaban J connectivity index is 0. The van der Waals surface area contributed by atoms with Crippen molar-refractivity contribution in [3.8, 4) is 0 Å². The molecule has 17 heavy (non-hydrogen) atoms. The first kappa shape index (κ1) is 19.1. The number of H-pyrrole nitrogens is 1. The Morgan fingerprint density at radius 1 is 1.53 bits per heavy atom. The number of aromatic nitrogens is 3. The average Bonchev–Trinajstić information content (AvgIpc) is 2.67. The van der Waals surface area contributed by atoms with Crippen molar-refractivity contribution >= 4 is 5.97 Å². The Bertz CT molecular complexity index is 276. The zero-order valence-electron chi connectivity index (χ0n) is 11.0. The number of nitrogens with one attached hydrogen (secondary N) is 1. The van der Waals surface area contributed by atoms with Gasteiger partial charge in [0, 0.05) is 39.6 Å². The van der Waals surface area contributed by atoms with Gasteiger partial charge in [0.05, 0.1) is 6.20 Å². The Labute approximate surface area is 128 Å². The molecular formula is C11H20N3O2Y-. The topological polar surface area (TPSA) is 67.9 Å². The van der Waals surface area contributed by atoms with Crippen LogP contribution < -0.4 is 0 Å². The van der Waals surface area contributed by atoms with Gasteiger partial charge in [0.1, 0.15) is 12.3 Å². The van der Waals surface area contributed by atoms with E-state index < -0.39 is 0 Å². The van der Waals surface area contributed by atoms with Crippen molar-refractivity contribution in [2.75, 3.05) is 0 Å². The molecule has 0 amide bonds. The van der Waals surface area contributed by atoms with E-state index in [1.807, 2.05) is 0 Å². The molecule has 1 heterocycles. The van der Waals surface area contributed by atoms with Crippen LogP contribution in [0.1, 0.15) is 46.2 Å². The van der Waals surface area contributed by atoms with Gasteiger partial charge in [0.25, 0.3) is 0 Å². The predicted molar refractivity (Wildman–Crippen MR) is 61.4 cm³/mol. The van der Waals surface area contributed by atoms with Crippen molar-refractivity contribution in [2.24, 2.45) is 0 Å². The fraction of sp³-hybridized carbons (Fsp3) is 0.636. The second kappa shape index (κ2) is 12.2. The molecule has 0 aromatic carbocycles. The van der Waals surface area contributed by atoms with E-state index in [0.29, 0.717) is 5.69 Å². The maximum atomic E-state index is 10.3. The summed E-state index contributed by atoms with van der Waals surface area (Å²) in [6, 6.07) is 0. The van der Waals surface area contributed by atoms with Gasteiger partial charge < -0.3 is 10.7 Å². The minimum Gasteiger partial charge on any atom is -0.459 e. The fourth-order valence-electron chi connectivity index (χ4n) is 0.970. The Kier molecular flexibility index (Phi) is 13.7. The van der Waals surface area contributed by atoms with Gasteiger partial charge in [-0.05, 0) is 0 Å². The number of carbonyl (C=O) groups is 1. The third-order valence-corrected chi connectivity index (χ3v) is 1.64. The first-order valence-corrected chi connectivity index (χ1v) is 5.33. The van der Waals surface area contributed by atoms with E-state index in [0.717, 1.165) is 0 Å². The summed E-state index contributed by atoms with van der Waals surface area (Å²) in [5, 5.41) is 9.61. The fourth-order valence-corrected chi connectivity index (χ4v) is 0.970. The molecule has 5 nitrogen and oxygen atoms in total. The summed E-state index contributed by atoms with van der Waals surface area (Å²) >= 11 is 0. The Hall–Kier alpha value is -0.286. The van der Waals surface area contributed by atoms with Crippen LogP contribution in [0.2, 0.25) is 0 Å². The van der Waals surface area contributed by atoms with Gasteiger partial charge in [0.15, 0.2) is 0 Å². The summed E-state index contributed by atoms with van der Waals surface area (Å²) in [6.45, 7) is 8.08. The number of esters is 1. The molecule has 1 N–H and O–H groups in total. The molecule has 0 saturated heterocycles. The van der Waals surface area contributed by atoms with Crippen molar-refractivity contribution in [3.63, 3.8) is 0 Å². The molecule has 0 spiro atoms. The second-order valence-electron chi connectivity index (χ2n) is 3.70. The molecule has 0 aliphatic heterocycles. The van der Waals surface area contributed by atoms with Crippen molar-refractivity contribution in [3.05, 3.63) is 17.8 Å². The summed E-state index contributed by atoms with van der Waals surface area (Å²) in [5.41, 5.74) is 0.621. The van der Waals surface area contributed by atoms with Crippen molar-refractivity contribution < 1.29 is 42.2 Å². The second-order valence-corrected chi connectivity index (χ2v) is 3.70. The van der Waals surface area contributed by atoms with Crippen molar-refractivity contribution in [1.29, 1.82) is 0 Å². The normalized spacial score (nSPS) is 9.00. The molecule has 1 aromatic rings. The maximum Gasteiger partial charge on any atom is 0.303 e. The van der Waals surface area contributed by atoms with Crippen LogP contribution in [0.25, 0.3) is 0 Å². The smallest absolute Gasteiger partial charge is 0.303 e. The molecule has 0 aliphatic carbocycles. The van der Waals surface area contributed by atoms with Crippen LogP contribution >= 0.6 is 0 Å². The van der Waals surface area contributed by atoms with Gasteiger partial charge >= 0.3 is 5.97 Å². The maximum absolute atomic E-state index is 10.3. The molecule has 0 fully saturated rings. The Morgan fingerprint density at radius 2 is 2.18 bits per heavy atom. The van der Waals surface area contributed by atoms with E-state index in [9.17, 15) is 4.79 Å². The van der Waals surface area contributed by atoms with Gasteiger partial charge in [0.2, 0.25) is 0 Å². The first-order valence-electron chi connectivity index (χ1n) is 5.33. The molecule has 1 rings (SSSR count). The molecule has 95 valence electrons. The zero-order chi connectivity index (χ0) is 12.4. The number of hydrogen-bond acceptors (Lipinski definition) is 4. The number of nitrogens with zero attached hydrogens (tertiary/aromatic N) is 2. The minimum absolute atomic E-state index is 0. The van der Waals surface area contributed by atoms with Crippen LogP contribution in [0.15, 0.2) is 6.20 Å². The average molecular weight is 315 g/mol. The summed E-state index contributed by atoms with van der Waals surface area (Å²) in [4.78, 5) is 10.3. The molecular weight excluding hydrogens is 295 g/mol. The predicted octanol–water partition coefficient (Wildman–Crippen LogP) is 2.27. The van der Waals surface area contributed by atoms with Gasteiger partial charge in [-0.1, -0.05) is 13.3 Å². The van der Waals surface area contributed by atoms with Crippen molar-refractivity contribution in [2.45, 2.75) is 47.1 Å². The Morgan fingerprint density at radius 3 is 2.47 bits per heavy atom. The minimum atomic E-state index is -0.317. The van der Waals surface area contributed by atoms with Crippen LogP contribution in [-0.2, 0) is 48.8 Å². The molecule has 0 unspecified atom stereocenters. The molecule has 1 radical (unpaired) electrons.